The second-order valence-corrected chi connectivity index (χ2v) is 21.1. The van der Waals surface area contributed by atoms with E-state index >= 15 is 0 Å². The molecule has 4 atom stereocenters. The van der Waals surface area contributed by atoms with Crippen LogP contribution in [-0.4, -0.2) is 72.6 Å². The Kier molecular flexibility index (Phi) is 8.73. The lowest BCUT2D eigenvalue weighted by atomic mass is 10.1. The van der Waals surface area contributed by atoms with Crippen LogP contribution in [0.5, 0.6) is 0 Å². The predicted octanol–water partition coefficient (Wildman–Crippen LogP) is 4.64. The Balaban J connectivity index is 1.73. The molecule has 1 unspecified atom stereocenters. The van der Waals surface area contributed by atoms with Crippen molar-refractivity contribution in [3.63, 3.8) is 0 Å². The number of aromatic nitrogens is 4. The first-order valence-corrected chi connectivity index (χ1v) is 18.0. The first-order chi connectivity index (χ1) is 18.2. The van der Waals surface area contributed by atoms with Gasteiger partial charge in [0, 0.05) is 5.92 Å². The molecule has 2 aliphatic heterocycles. The lowest BCUT2D eigenvalue weighted by molar-refractivity contribution is -0.118. The van der Waals surface area contributed by atoms with Crippen LogP contribution in [0.25, 0.3) is 11.2 Å². The van der Waals surface area contributed by atoms with Crippen molar-refractivity contribution >= 4 is 40.0 Å². The number of nitrogens with one attached hydrogen (secondary N) is 1. The van der Waals surface area contributed by atoms with Gasteiger partial charge in [0.2, 0.25) is 5.91 Å². The zero-order chi connectivity index (χ0) is 28.9. The molecule has 1 amide bonds. The third kappa shape index (κ3) is 5.22. The molecule has 2 fully saturated rings. The van der Waals surface area contributed by atoms with E-state index in [1.165, 1.54) is 6.33 Å². The number of aliphatic hydroxyl groups excluding tert-OH is 1. The second-order valence-electron chi connectivity index (χ2n) is 12.3. The topological polar surface area (TPSA) is 130 Å². The minimum absolute atomic E-state index is 0.129. The van der Waals surface area contributed by atoms with Crippen molar-refractivity contribution in [3.05, 3.63) is 12.7 Å². The summed E-state index contributed by atoms with van der Waals surface area (Å²) >= 11 is 0. The highest BCUT2D eigenvalue weighted by molar-refractivity contribution is 6.84. The first kappa shape index (κ1) is 30.2. The van der Waals surface area contributed by atoms with Gasteiger partial charge in [-0.1, -0.05) is 69.2 Å². The van der Waals surface area contributed by atoms with Gasteiger partial charge in [-0.15, -0.1) is 0 Å². The lowest BCUT2D eigenvalue weighted by Gasteiger charge is -2.51. The van der Waals surface area contributed by atoms with E-state index in [2.05, 4.69) is 75.7 Å². The zero-order valence-corrected chi connectivity index (χ0v) is 26.8. The van der Waals surface area contributed by atoms with Gasteiger partial charge in [-0.25, -0.2) is 15.0 Å². The van der Waals surface area contributed by atoms with Crippen molar-refractivity contribution in [1.82, 2.24) is 19.5 Å². The maximum Gasteiger partial charge on any atom is 0.335 e. The number of fused-ring (bicyclic) bond motifs is 2. The Hall–Kier alpha value is -1.75. The molecule has 0 bridgehead atoms. The second kappa shape index (κ2) is 11.3. The number of ether oxygens (including phenoxy) is 1. The fourth-order valence-corrected chi connectivity index (χ4v) is 17.0. The first-order valence-electron chi connectivity index (χ1n) is 14.1. The lowest BCUT2D eigenvalue weighted by Crippen LogP contribution is -2.65. The van der Waals surface area contributed by atoms with Gasteiger partial charge >= 0.3 is 17.1 Å². The van der Waals surface area contributed by atoms with Crippen molar-refractivity contribution in [2.75, 3.05) is 11.9 Å². The third-order valence-electron chi connectivity index (χ3n) is 8.04. The standard InChI is InChI=1S/C26H45N5O6Si2/c1-14(2)25(33)30-23-20-24(28-12-27-23)31(13-29-20)26-21(32)22-19(35-26)11-34-38(15(3)4,16(5)6)37-39(36-22,17(7)8)18(9)10/h12-19,21-22,26,32H,11H2,1-10H3,(H,27,28,30,33)/t19-,21?,22+,26-/m1/s1. The van der Waals surface area contributed by atoms with E-state index in [9.17, 15) is 9.90 Å². The maximum absolute atomic E-state index is 12.3. The van der Waals surface area contributed by atoms with Gasteiger partial charge in [0.15, 0.2) is 23.2 Å². The molecule has 0 aromatic carbocycles. The fourth-order valence-electron chi connectivity index (χ4n) is 5.76. The number of carbonyl (C=O) groups is 1. The van der Waals surface area contributed by atoms with E-state index in [1.807, 2.05) is 13.8 Å². The van der Waals surface area contributed by atoms with Crippen LogP contribution >= 0.6 is 0 Å². The summed E-state index contributed by atoms with van der Waals surface area (Å²) in [5.74, 6) is -0.0665. The summed E-state index contributed by atoms with van der Waals surface area (Å²) in [7, 11) is -5.65. The Morgan fingerprint density at radius 2 is 1.59 bits per heavy atom. The summed E-state index contributed by atoms with van der Waals surface area (Å²) in [6.07, 6.45) is -0.0322. The summed E-state index contributed by atoms with van der Waals surface area (Å²) in [6, 6.07) is 0. The Morgan fingerprint density at radius 1 is 0.974 bits per heavy atom. The van der Waals surface area contributed by atoms with Crippen molar-refractivity contribution in [2.24, 2.45) is 5.92 Å². The van der Waals surface area contributed by atoms with Crippen LogP contribution in [0.3, 0.4) is 0 Å². The molecule has 39 heavy (non-hydrogen) atoms. The molecule has 2 N–H and O–H groups in total. The summed E-state index contributed by atoms with van der Waals surface area (Å²) in [6.45, 7) is 21.2. The van der Waals surface area contributed by atoms with Gasteiger partial charge in [-0.3, -0.25) is 9.36 Å². The molecule has 0 aliphatic carbocycles. The van der Waals surface area contributed by atoms with Crippen molar-refractivity contribution in [3.8, 4) is 0 Å². The molecular weight excluding hydrogens is 534 g/mol. The van der Waals surface area contributed by atoms with Crippen LogP contribution in [0.15, 0.2) is 12.7 Å². The smallest absolute Gasteiger partial charge is 0.335 e. The minimum Gasteiger partial charge on any atom is -0.414 e. The number of rotatable bonds is 7. The Labute approximate surface area is 233 Å². The van der Waals surface area contributed by atoms with Gasteiger partial charge in [0.1, 0.15) is 24.6 Å². The maximum atomic E-state index is 12.3. The molecule has 2 aromatic heterocycles. The van der Waals surface area contributed by atoms with Gasteiger partial charge in [-0.05, 0) is 22.2 Å². The van der Waals surface area contributed by atoms with Gasteiger partial charge in [0.05, 0.1) is 12.9 Å². The number of aliphatic hydroxyl groups is 1. The third-order valence-corrected chi connectivity index (χ3v) is 18.3. The highest BCUT2D eigenvalue weighted by atomic mass is 28.5. The SMILES string of the molecule is CC(C)C(=O)Nc1ncnc2c1ncn2[C@@H]1O[C@@H]2CO[Si](C(C)C)(C(C)C)O[Si](C(C)C)(C(C)C)O[C@@H]2C1O. The molecule has 4 heterocycles. The van der Waals surface area contributed by atoms with Crippen LogP contribution < -0.4 is 5.32 Å². The van der Waals surface area contributed by atoms with Gasteiger partial charge < -0.3 is 28.1 Å². The summed E-state index contributed by atoms with van der Waals surface area (Å²) < 4.78 is 29.2. The molecular formula is C26H45N5O6Si2. The number of amides is 1. The molecule has 0 radical (unpaired) electrons. The summed E-state index contributed by atoms with van der Waals surface area (Å²) in [5.41, 5.74) is 1.54. The fraction of sp³-hybridized carbons (Fsp3) is 0.769. The van der Waals surface area contributed by atoms with E-state index in [1.54, 1.807) is 10.9 Å². The van der Waals surface area contributed by atoms with Crippen molar-refractivity contribution in [1.29, 1.82) is 0 Å². The number of hydrogen-bond donors (Lipinski definition) is 2. The summed E-state index contributed by atoms with van der Waals surface area (Å²) in [4.78, 5) is 25.4. The Bertz CT molecular complexity index is 1160. The van der Waals surface area contributed by atoms with Crippen LogP contribution in [-0.2, 0) is 22.5 Å². The molecule has 218 valence electrons. The monoisotopic (exact) mass is 579 g/mol. The number of carbonyl (C=O) groups excluding carboxylic acids is 1. The number of imidazole rings is 1. The normalized spacial score (nSPS) is 27.0. The van der Waals surface area contributed by atoms with E-state index in [-0.39, 0.29) is 40.6 Å². The highest BCUT2D eigenvalue weighted by Gasteiger charge is 2.61. The van der Waals surface area contributed by atoms with Crippen LogP contribution in [0.4, 0.5) is 5.82 Å². The molecule has 2 aromatic rings. The molecule has 13 heteroatoms. The number of anilines is 1. The molecule has 0 saturated carbocycles. The van der Waals surface area contributed by atoms with E-state index in [0.29, 0.717) is 17.0 Å². The average molecular weight is 580 g/mol. The van der Waals surface area contributed by atoms with Crippen molar-refractivity contribution in [2.45, 2.75) is 116 Å². The quantitative estimate of drug-likeness (QED) is 0.451. The van der Waals surface area contributed by atoms with Crippen LogP contribution in [0, 0.1) is 5.92 Å². The largest absolute Gasteiger partial charge is 0.414 e. The molecule has 0 spiro atoms. The van der Waals surface area contributed by atoms with E-state index in [4.69, 9.17) is 17.7 Å². The van der Waals surface area contributed by atoms with Gasteiger partial charge in [0.25, 0.3) is 0 Å². The van der Waals surface area contributed by atoms with Crippen molar-refractivity contribution < 1.29 is 27.6 Å². The molecule has 4 rings (SSSR count). The zero-order valence-electron chi connectivity index (χ0n) is 24.8. The molecule has 11 nitrogen and oxygen atoms in total. The average Bonchev–Trinajstić information content (AvgIpc) is 3.39. The Morgan fingerprint density at radius 3 is 2.15 bits per heavy atom. The van der Waals surface area contributed by atoms with Crippen LogP contribution in [0.1, 0.15) is 75.5 Å². The minimum atomic E-state index is -2.92. The van der Waals surface area contributed by atoms with E-state index in [0.717, 1.165) is 0 Å². The van der Waals surface area contributed by atoms with Gasteiger partial charge in [-0.2, -0.15) is 0 Å². The highest BCUT2D eigenvalue weighted by Crippen LogP contribution is 2.48. The van der Waals surface area contributed by atoms with E-state index < -0.39 is 41.7 Å². The predicted molar refractivity (Wildman–Crippen MR) is 153 cm³/mol. The summed E-state index contributed by atoms with van der Waals surface area (Å²) in [5, 5.41) is 14.5. The van der Waals surface area contributed by atoms with Crippen LogP contribution in [0.2, 0.25) is 22.2 Å². The molecule has 2 aliphatic rings. The number of nitrogens with zero attached hydrogens (tertiary/aromatic N) is 4. The molecule has 2 saturated heterocycles. The number of hydrogen-bond acceptors (Lipinski definition) is 9.